The summed E-state index contributed by atoms with van der Waals surface area (Å²) in [6, 6.07) is 4.04. The van der Waals surface area contributed by atoms with Crippen LogP contribution in [0.5, 0.6) is 0 Å². The van der Waals surface area contributed by atoms with Gasteiger partial charge in [0.2, 0.25) is 0 Å². The minimum absolute atomic E-state index is 0.774. The van der Waals surface area contributed by atoms with E-state index < -0.39 is 0 Å². The smallest absolute Gasteiger partial charge is 0.118 e. The molecule has 0 fully saturated rings. The van der Waals surface area contributed by atoms with Crippen LogP contribution in [0.3, 0.4) is 0 Å². The van der Waals surface area contributed by atoms with Crippen LogP contribution in [0, 0.1) is 6.92 Å². The van der Waals surface area contributed by atoms with Crippen molar-refractivity contribution in [3.63, 3.8) is 0 Å². The van der Waals surface area contributed by atoms with Gasteiger partial charge in [0.1, 0.15) is 11.5 Å². The number of hydrogen-bond acceptors (Lipinski definition) is 3. The Labute approximate surface area is 102 Å². The summed E-state index contributed by atoms with van der Waals surface area (Å²) in [7, 11) is 0. The van der Waals surface area contributed by atoms with Crippen molar-refractivity contribution in [2.45, 2.75) is 33.4 Å². The molecule has 0 aliphatic carbocycles. The topological polar surface area (TPSA) is 43.0 Å². The molecular formula is C13H19N3O. The van der Waals surface area contributed by atoms with Crippen molar-refractivity contribution < 1.29 is 4.42 Å². The summed E-state index contributed by atoms with van der Waals surface area (Å²) in [4.78, 5) is 0. The van der Waals surface area contributed by atoms with Gasteiger partial charge in [0.15, 0.2) is 0 Å². The van der Waals surface area contributed by atoms with Gasteiger partial charge in [0, 0.05) is 18.0 Å². The van der Waals surface area contributed by atoms with Crippen LogP contribution in [-0.4, -0.2) is 16.3 Å². The van der Waals surface area contributed by atoms with Gasteiger partial charge in [0.05, 0.1) is 13.1 Å². The first-order chi connectivity index (χ1) is 8.29. The predicted molar refractivity (Wildman–Crippen MR) is 66.8 cm³/mol. The van der Waals surface area contributed by atoms with Crippen molar-refractivity contribution in [3.05, 3.63) is 41.6 Å². The third-order valence-corrected chi connectivity index (χ3v) is 2.69. The normalized spacial score (nSPS) is 10.9. The maximum atomic E-state index is 5.71. The molecule has 2 aromatic heterocycles. The minimum Gasteiger partial charge on any atom is -0.465 e. The third-order valence-electron chi connectivity index (χ3n) is 2.69. The number of hydrogen-bond donors (Lipinski definition) is 1. The second-order valence-electron chi connectivity index (χ2n) is 4.17. The molecule has 0 saturated heterocycles. The largest absolute Gasteiger partial charge is 0.465 e. The third kappa shape index (κ3) is 3.20. The van der Waals surface area contributed by atoms with E-state index in [1.807, 2.05) is 23.9 Å². The van der Waals surface area contributed by atoms with Crippen LogP contribution >= 0.6 is 0 Å². The highest BCUT2D eigenvalue weighted by Gasteiger charge is 2.07. The van der Waals surface area contributed by atoms with E-state index >= 15 is 0 Å². The molecule has 0 unspecified atom stereocenters. The first-order valence-corrected chi connectivity index (χ1v) is 6.06. The SMILES string of the molecule is CCCNCc1cc(Cn2cccn2)c(C)o1. The fourth-order valence-corrected chi connectivity index (χ4v) is 1.79. The van der Waals surface area contributed by atoms with Crippen molar-refractivity contribution >= 4 is 0 Å². The molecule has 0 aliphatic heterocycles. The average molecular weight is 233 g/mol. The summed E-state index contributed by atoms with van der Waals surface area (Å²) in [6.45, 7) is 6.75. The molecule has 2 aromatic rings. The van der Waals surface area contributed by atoms with Crippen LogP contribution in [0.4, 0.5) is 0 Å². The molecule has 2 heterocycles. The van der Waals surface area contributed by atoms with Gasteiger partial charge in [-0.1, -0.05) is 6.92 Å². The number of aryl methyl sites for hydroxylation is 1. The Kier molecular flexibility index (Phi) is 3.98. The molecule has 0 radical (unpaired) electrons. The summed E-state index contributed by atoms with van der Waals surface area (Å²) >= 11 is 0. The van der Waals surface area contributed by atoms with Gasteiger partial charge < -0.3 is 9.73 Å². The van der Waals surface area contributed by atoms with E-state index in [0.717, 1.165) is 37.6 Å². The van der Waals surface area contributed by atoms with E-state index in [1.54, 1.807) is 6.20 Å². The monoisotopic (exact) mass is 233 g/mol. The maximum absolute atomic E-state index is 5.71. The zero-order valence-electron chi connectivity index (χ0n) is 10.4. The van der Waals surface area contributed by atoms with Crippen LogP contribution in [0.15, 0.2) is 28.9 Å². The molecule has 92 valence electrons. The molecular weight excluding hydrogens is 214 g/mol. The van der Waals surface area contributed by atoms with Crippen molar-refractivity contribution in [1.82, 2.24) is 15.1 Å². The van der Waals surface area contributed by atoms with E-state index in [9.17, 15) is 0 Å². The van der Waals surface area contributed by atoms with Gasteiger partial charge in [-0.25, -0.2) is 0 Å². The van der Waals surface area contributed by atoms with Crippen molar-refractivity contribution in [2.75, 3.05) is 6.54 Å². The number of nitrogens with one attached hydrogen (secondary N) is 1. The molecule has 4 heteroatoms. The van der Waals surface area contributed by atoms with E-state index in [0.29, 0.717) is 0 Å². The molecule has 0 atom stereocenters. The second-order valence-corrected chi connectivity index (χ2v) is 4.17. The summed E-state index contributed by atoms with van der Waals surface area (Å²) in [5.74, 6) is 1.98. The van der Waals surface area contributed by atoms with Gasteiger partial charge >= 0.3 is 0 Å². The van der Waals surface area contributed by atoms with Gasteiger partial charge in [0.25, 0.3) is 0 Å². The Hall–Kier alpha value is -1.55. The Morgan fingerprint density at radius 2 is 2.35 bits per heavy atom. The highest BCUT2D eigenvalue weighted by molar-refractivity contribution is 5.21. The molecule has 0 amide bonds. The lowest BCUT2D eigenvalue weighted by Gasteiger charge is -1.98. The minimum atomic E-state index is 0.774. The number of furan rings is 1. The second kappa shape index (κ2) is 5.68. The van der Waals surface area contributed by atoms with Gasteiger partial charge in [-0.05, 0) is 32.0 Å². The summed E-state index contributed by atoms with van der Waals surface area (Å²) in [6.07, 6.45) is 4.89. The predicted octanol–water partition coefficient (Wildman–Crippen LogP) is 2.33. The molecule has 17 heavy (non-hydrogen) atoms. The highest BCUT2D eigenvalue weighted by Crippen LogP contribution is 2.15. The Balaban J connectivity index is 1.98. The molecule has 0 aromatic carbocycles. The van der Waals surface area contributed by atoms with Crippen molar-refractivity contribution in [3.8, 4) is 0 Å². The van der Waals surface area contributed by atoms with Gasteiger partial charge in [-0.2, -0.15) is 5.10 Å². The number of nitrogens with zero attached hydrogens (tertiary/aromatic N) is 2. The van der Waals surface area contributed by atoms with E-state index in [4.69, 9.17) is 4.42 Å². The average Bonchev–Trinajstić information content (AvgIpc) is 2.91. The molecule has 0 bridgehead atoms. The highest BCUT2D eigenvalue weighted by atomic mass is 16.3. The maximum Gasteiger partial charge on any atom is 0.118 e. The van der Waals surface area contributed by atoms with Gasteiger partial charge in [-0.3, -0.25) is 4.68 Å². The van der Waals surface area contributed by atoms with Gasteiger partial charge in [-0.15, -0.1) is 0 Å². The summed E-state index contributed by atoms with van der Waals surface area (Å²) < 4.78 is 7.61. The Morgan fingerprint density at radius 3 is 3.06 bits per heavy atom. The zero-order chi connectivity index (χ0) is 12.1. The van der Waals surface area contributed by atoms with E-state index in [2.05, 4.69) is 23.4 Å². The van der Waals surface area contributed by atoms with Crippen molar-refractivity contribution in [2.24, 2.45) is 0 Å². The lowest BCUT2D eigenvalue weighted by molar-refractivity contribution is 0.459. The molecule has 1 N–H and O–H groups in total. The molecule has 0 spiro atoms. The lowest BCUT2D eigenvalue weighted by atomic mass is 10.2. The lowest BCUT2D eigenvalue weighted by Crippen LogP contribution is -2.13. The van der Waals surface area contributed by atoms with Crippen molar-refractivity contribution in [1.29, 1.82) is 0 Å². The fraction of sp³-hybridized carbons (Fsp3) is 0.462. The molecule has 0 saturated carbocycles. The van der Waals surface area contributed by atoms with Crippen LogP contribution in [0.1, 0.15) is 30.4 Å². The summed E-state index contributed by atoms with van der Waals surface area (Å²) in [5.41, 5.74) is 1.20. The zero-order valence-corrected chi connectivity index (χ0v) is 10.4. The molecule has 4 nitrogen and oxygen atoms in total. The Bertz CT molecular complexity index is 445. The van der Waals surface area contributed by atoms with Crippen LogP contribution in [0.2, 0.25) is 0 Å². The molecule has 0 aliphatic rings. The van der Waals surface area contributed by atoms with E-state index in [1.165, 1.54) is 5.56 Å². The van der Waals surface area contributed by atoms with Crippen LogP contribution < -0.4 is 5.32 Å². The Morgan fingerprint density at radius 1 is 1.47 bits per heavy atom. The quantitative estimate of drug-likeness (QED) is 0.779. The van der Waals surface area contributed by atoms with Crippen LogP contribution in [-0.2, 0) is 13.1 Å². The number of rotatable bonds is 6. The van der Waals surface area contributed by atoms with E-state index in [-0.39, 0.29) is 0 Å². The first-order valence-electron chi connectivity index (χ1n) is 6.06. The fourth-order valence-electron chi connectivity index (χ4n) is 1.79. The van der Waals surface area contributed by atoms with Crippen LogP contribution in [0.25, 0.3) is 0 Å². The summed E-state index contributed by atoms with van der Waals surface area (Å²) in [5, 5.41) is 7.53. The first kappa shape index (κ1) is 11.9. The molecule has 2 rings (SSSR count). The number of aromatic nitrogens is 2. The standard InChI is InChI=1S/C13H19N3O/c1-3-5-14-9-13-8-12(11(2)17-13)10-16-7-4-6-15-16/h4,6-8,14H,3,5,9-10H2,1-2H3.